The highest BCUT2D eigenvalue weighted by molar-refractivity contribution is 14.1. The third-order valence-corrected chi connectivity index (χ3v) is 4.82. The van der Waals surface area contributed by atoms with Gasteiger partial charge in [-0.1, -0.05) is 45.2 Å². The molecule has 0 aromatic rings. The average Bonchev–Trinajstić information content (AvgIpc) is 2.35. The van der Waals surface area contributed by atoms with E-state index in [4.69, 9.17) is 0 Å². The second-order valence-corrected chi connectivity index (χ2v) is 6.36. The van der Waals surface area contributed by atoms with Crippen molar-refractivity contribution in [2.24, 2.45) is 11.8 Å². The summed E-state index contributed by atoms with van der Waals surface area (Å²) in [5.74, 6) is 1.46. The molecule has 0 atom stereocenters. The van der Waals surface area contributed by atoms with Gasteiger partial charge in [0, 0.05) is 26.2 Å². The minimum absolute atomic E-state index is 0.244. The number of hydrogen-bond acceptors (Lipinski definition) is 2. The number of alkyl halides is 2. The zero-order valence-electron chi connectivity index (χ0n) is 9.57. The van der Waals surface area contributed by atoms with Gasteiger partial charge in [-0.25, -0.2) is 0 Å². The molecule has 2 saturated heterocycles. The van der Waals surface area contributed by atoms with Crippen LogP contribution in [0, 0.1) is 11.8 Å². The van der Waals surface area contributed by atoms with Crippen LogP contribution in [0.2, 0.25) is 0 Å². The van der Waals surface area contributed by atoms with Crippen LogP contribution >= 0.6 is 45.2 Å². The summed E-state index contributed by atoms with van der Waals surface area (Å²) in [5, 5.41) is 0. The summed E-state index contributed by atoms with van der Waals surface area (Å²) in [7, 11) is 0. The number of halogens is 2. The summed E-state index contributed by atoms with van der Waals surface area (Å²) in [4.78, 5) is 27.4. The van der Waals surface area contributed by atoms with Crippen molar-refractivity contribution in [2.45, 2.75) is 6.42 Å². The zero-order valence-corrected chi connectivity index (χ0v) is 13.9. The monoisotopic (exact) mass is 462 g/mol. The highest BCUT2D eigenvalue weighted by Crippen LogP contribution is 2.28. The molecular weight excluding hydrogens is 446 g/mol. The van der Waals surface area contributed by atoms with Crippen LogP contribution in [-0.4, -0.2) is 56.6 Å². The Bertz CT molecular complexity index is 283. The third-order valence-electron chi connectivity index (χ3n) is 3.52. The van der Waals surface area contributed by atoms with Gasteiger partial charge in [-0.3, -0.25) is 9.59 Å². The standard InChI is InChI=1S/C11H16I2N2O2/c12-2-10(16)14-4-8-1-9(5-14)7-15(6-8)11(17)3-13/h8-9H,1-7H2. The molecule has 0 unspecified atom stereocenters. The molecule has 0 aromatic carbocycles. The largest absolute Gasteiger partial charge is 0.341 e. The lowest BCUT2D eigenvalue weighted by Gasteiger charge is -2.45. The molecule has 0 aromatic heterocycles. The molecule has 6 heteroatoms. The molecule has 2 rings (SSSR count). The van der Waals surface area contributed by atoms with E-state index < -0.39 is 0 Å². The van der Waals surface area contributed by atoms with E-state index in [1.807, 2.05) is 9.80 Å². The van der Waals surface area contributed by atoms with E-state index in [2.05, 4.69) is 45.2 Å². The van der Waals surface area contributed by atoms with Crippen LogP contribution in [0.15, 0.2) is 0 Å². The Morgan fingerprint density at radius 1 is 0.882 bits per heavy atom. The van der Waals surface area contributed by atoms with Crippen molar-refractivity contribution in [1.82, 2.24) is 9.80 Å². The third kappa shape index (κ3) is 3.24. The van der Waals surface area contributed by atoms with Crippen molar-refractivity contribution in [3.63, 3.8) is 0 Å². The molecule has 0 radical (unpaired) electrons. The van der Waals surface area contributed by atoms with Gasteiger partial charge in [-0.2, -0.15) is 0 Å². The van der Waals surface area contributed by atoms with Crippen molar-refractivity contribution in [3.8, 4) is 0 Å². The highest BCUT2D eigenvalue weighted by atomic mass is 127. The van der Waals surface area contributed by atoms with E-state index in [0.29, 0.717) is 20.7 Å². The van der Waals surface area contributed by atoms with Gasteiger partial charge in [-0.05, 0) is 18.3 Å². The summed E-state index contributed by atoms with van der Waals surface area (Å²) < 4.78 is 1.13. The van der Waals surface area contributed by atoms with Crippen LogP contribution in [-0.2, 0) is 9.59 Å². The minimum atomic E-state index is 0.244. The summed E-state index contributed by atoms with van der Waals surface area (Å²) in [5.41, 5.74) is 0. The van der Waals surface area contributed by atoms with Crippen molar-refractivity contribution in [1.29, 1.82) is 0 Å². The Kier molecular flexibility index (Phi) is 4.90. The molecule has 96 valence electrons. The van der Waals surface area contributed by atoms with Crippen LogP contribution in [0.4, 0.5) is 0 Å². The Balaban J connectivity index is 1.98. The quantitative estimate of drug-likeness (QED) is 0.457. The topological polar surface area (TPSA) is 40.6 Å². The second kappa shape index (κ2) is 6.03. The maximum absolute atomic E-state index is 11.7. The number of hydrogen-bond donors (Lipinski definition) is 0. The van der Waals surface area contributed by atoms with Gasteiger partial charge >= 0.3 is 0 Å². The van der Waals surface area contributed by atoms with E-state index >= 15 is 0 Å². The van der Waals surface area contributed by atoms with Crippen molar-refractivity contribution < 1.29 is 9.59 Å². The van der Waals surface area contributed by atoms with Gasteiger partial charge in [0.05, 0.1) is 8.86 Å². The lowest BCUT2D eigenvalue weighted by molar-refractivity contribution is -0.137. The predicted molar refractivity (Wildman–Crippen MR) is 82.5 cm³/mol. The molecule has 0 spiro atoms. The Morgan fingerprint density at radius 2 is 1.24 bits per heavy atom. The van der Waals surface area contributed by atoms with Gasteiger partial charge < -0.3 is 9.80 Å². The lowest BCUT2D eigenvalue weighted by atomic mass is 9.84. The Morgan fingerprint density at radius 3 is 1.53 bits per heavy atom. The zero-order chi connectivity index (χ0) is 12.4. The van der Waals surface area contributed by atoms with E-state index in [9.17, 15) is 9.59 Å². The van der Waals surface area contributed by atoms with Crippen molar-refractivity contribution in [3.05, 3.63) is 0 Å². The molecular formula is C11H16I2N2O2. The van der Waals surface area contributed by atoms with Crippen LogP contribution in [0.25, 0.3) is 0 Å². The van der Waals surface area contributed by atoms with E-state index in [1.165, 1.54) is 6.42 Å². The molecule has 2 heterocycles. The fraction of sp³-hybridized carbons (Fsp3) is 0.818. The summed E-state index contributed by atoms with van der Waals surface area (Å²) >= 11 is 4.25. The van der Waals surface area contributed by atoms with Gasteiger partial charge in [0.1, 0.15) is 0 Å². The van der Waals surface area contributed by atoms with Crippen LogP contribution in [0.5, 0.6) is 0 Å². The lowest BCUT2D eigenvalue weighted by Crippen LogP contribution is -2.55. The molecule has 2 aliphatic rings. The number of nitrogens with zero attached hydrogens (tertiary/aromatic N) is 2. The fourth-order valence-electron chi connectivity index (χ4n) is 2.86. The number of likely N-dealkylation sites (tertiary alicyclic amines) is 2. The van der Waals surface area contributed by atoms with Gasteiger partial charge in [0.2, 0.25) is 11.8 Å². The Hall–Kier alpha value is 0.400. The SMILES string of the molecule is O=C(CI)N1CC2CC(C1)CN(C(=O)CI)C2. The van der Waals surface area contributed by atoms with Crippen LogP contribution in [0.3, 0.4) is 0 Å². The number of carbonyl (C=O) groups excluding carboxylic acids is 2. The maximum Gasteiger partial charge on any atom is 0.232 e. The van der Waals surface area contributed by atoms with Gasteiger partial charge in [-0.15, -0.1) is 0 Å². The Labute approximate surface area is 129 Å². The first-order chi connectivity index (χ1) is 8.13. The molecule has 2 amide bonds. The number of carbonyl (C=O) groups is 2. The first-order valence-electron chi connectivity index (χ1n) is 5.81. The summed E-state index contributed by atoms with van der Waals surface area (Å²) in [6, 6.07) is 0. The second-order valence-electron chi connectivity index (χ2n) is 4.83. The molecule has 4 nitrogen and oxygen atoms in total. The average molecular weight is 462 g/mol. The molecule has 2 aliphatic heterocycles. The number of amides is 2. The van der Waals surface area contributed by atoms with E-state index in [1.54, 1.807) is 0 Å². The highest BCUT2D eigenvalue weighted by Gasteiger charge is 2.36. The first kappa shape index (κ1) is 13.8. The van der Waals surface area contributed by atoms with E-state index in [-0.39, 0.29) is 11.8 Å². The fourth-order valence-corrected chi connectivity index (χ4v) is 3.82. The summed E-state index contributed by atoms with van der Waals surface area (Å²) in [6.07, 6.45) is 1.18. The van der Waals surface area contributed by atoms with Crippen LogP contribution < -0.4 is 0 Å². The van der Waals surface area contributed by atoms with Crippen molar-refractivity contribution in [2.75, 3.05) is 35.0 Å². The molecule has 17 heavy (non-hydrogen) atoms. The minimum Gasteiger partial charge on any atom is -0.341 e. The molecule has 2 fully saturated rings. The maximum atomic E-state index is 11.7. The predicted octanol–water partition coefficient (Wildman–Crippen LogP) is 1.16. The smallest absolute Gasteiger partial charge is 0.232 e. The first-order valence-corrected chi connectivity index (χ1v) is 8.86. The molecule has 2 bridgehead atoms. The van der Waals surface area contributed by atoms with E-state index in [0.717, 1.165) is 26.2 Å². The molecule has 0 N–H and O–H groups in total. The number of piperidine rings is 2. The van der Waals surface area contributed by atoms with Gasteiger partial charge in [0.15, 0.2) is 0 Å². The van der Waals surface area contributed by atoms with Crippen LogP contribution in [0.1, 0.15) is 6.42 Å². The normalized spacial score (nSPS) is 28.1. The van der Waals surface area contributed by atoms with Crippen molar-refractivity contribution >= 4 is 57.0 Å². The molecule has 0 aliphatic carbocycles. The number of fused-ring (bicyclic) bond motifs is 2. The van der Waals surface area contributed by atoms with Gasteiger partial charge in [0.25, 0.3) is 0 Å². The molecule has 0 saturated carbocycles. The number of rotatable bonds is 2. The summed E-state index contributed by atoms with van der Waals surface area (Å²) in [6.45, 7) is 3.35.